The molecule has 0 amide bonds. The molecule has 0 aliphatic heterocycles. The van der Waals surface area contributed by atoms with Gasteiger partial charge in [0.1, 0.15) is 67.7 Å². The average Bonchev–Trinajstić information content (AvgIpc) is 3.31. The molecule has 0 aromatic heterocycles. The first-order chi connectivity index (χ1) is 31.6. The summed E-state index contributed by atoms with van der Waals surface area (Å²) >= 11 is 0. The van der Waals surface area contributed by atoms with Gasteiger partial charge in [0, 0.05) is 92.3 Å². The molecule has 2 atom stereocenters. The fourth-order valence-electron chi connectivity index (χ4n) is 6.75. The molecule has 398 valence electrons. The fourth-order valence-corrected chi connectivity index (χ4v) is 18.7. The van der Waals surface area contributed by atoms with Crippen molar-refractivity contribution in [2.75, 3.05) is 99.5 Å². The summed E-state index contributed by atoms with van der Waals surface area (Å²) < 4.78 is 103. The van der Waals surface area contributed by atoms with Gasteiger partial charge < -0.3 is 70.8 Å². The molecule has 2 unspecified atom stereocenters. The summed E-state index contributed by atoms with van der Waals surface area (Å²) in [6, 6.07) is 16.1. The molecule has 0 heterocycles. The van der Waals surface area contributed by atoms with E-state index >= 15 is 0 Å². The van der Waals surface area contributed by atoms with Crippen LogP contribution < -0.4 is 9.47 Å². The van der Waals surface area contributed by atoms with E-state index in [-0.39, 0.29) is 77.1 Å². The van der Waals surface area contributed by atoms with E-state index in [2.05, 4.69) is 13.8 Å². The van der Waals surface area contributed by atoms with Gasteiger partial charge in [-0.3, -0.25) is 9.11 Å². The second-order valence-corrected chi connectivity index (χ2v) is 28.1. The standard InChI is InChI=1S/C36H70N2O16S2Si5.3CH4O.Zr/c1-36(2,30-10-14-34(15-11-30)50-28-32(39)26-37(18-6-22-55(41,42)43)20-8-24-60(47,48-3)49-4)31-12-16-35(17-13-31)51-29-33(40)27-38(19-7-23-56(44,45)46)21-9-25-61(52-57,53-58)54-59-5;3*1-2;/h10-17,32-33,39-40,47H,6-9,18-29,59H2,1-5,57-58H3,(H,41,42,43)(H,44,45,46);3*2H,1H3;. The Balaban J connectivity index is -0.00000579. The Kier molecular flexibility index (Phi) is 40.9. The van der Waals surface area contributed by atoms with Crippen molar-refractivity contribution in [3.8, 4) is 11.5 Å². The van der Waals surface area contributed by atoms with E-state index in [0.29, 0.717) is 77.5 Å². The Morgan fingerprint density at radius 3 is 1.29 bits per heavy atom. The number of nitrogens with zero attached hydrogens (tertiary/aromatic N) is 2. The Hall–Kier alpha value is -0.692. The van der Waals surface area contributed by atoms with Gasteiger partial charge in [-0.15, -0.1) is 0 Å². The molecule has 68 heavy (non-hydrogen) atoms. The maximum absolute atomic E-state index is 11.3. The number of benzene rings is 2. The van der Waals surface area contributed by atoms with Crippen LogP contribution in [0.25, 0.3) is 0 Å². The van der Waals surface area contributed by atoms with E-state index in [1.54, 1.807) is 0 Å². The first-order valence-electron chi connectivity index (χ1n) is 21.7. The van der Waals surface area contributed by atoms with Crippen LogP contribution in [0.3, 0.4) is 0 Å². The van der Waals surface area contributed by atoms with Crippen LogP contribution in [0.2, 0.25) is 18.6 Å². The topological polar surface area (TPSA) is 301 Å². The second kappa shape index (κ2) is 38.9. The third-order valence-electron chi connectivity index (χ3n) is 10.3. The van der Waals surface area contributed by atoms with Gasteiger partial charge in [0.25, 0.3) is 20.2 Å². The fraction of sp³-hybridized carbons (Fsp3) is 0.692. The molecule has 0 aliphatic rings. The molecule has 0 bridgehead atoms. The molecule has 2 aromatic rings. The molecular weight excluding hydrogens is 1100 g/mol. The molecule has 21 nitrogen and oxygen atoms in total. The normalized spacial score (nSPS) is 13.9. The summed E-state index contributed by atoms with van der Waals surface area (Å²) in [5.74, 6) is 0.359. The van der Waals surface area contributed by atoms with E-state index in [1.807, 2.05) is 64.9 Å². The van der Waals surface area contributed by atoms with Gasteiger partial charge in [-0.2, -0.15) is 16.8 Å². The molecule has 8 N–H and O–H groups in total. The largest absolute Gasteiger partial charge is 0.497 e. The molecule has 2 rings (SSSR count). The molecule has 0 spiro atoms. The molecule has 0 fully saturated rings. The van der Waals surface area contributed by atoms with Crippen molar-refractivity contribution in [1.29, 1.82) is 0 Å². The number of hydrogen-bond donors (Lipinski definition) is 8. The smallest absolute Gasteiger partial charge is 0.491 e. The zero-order valence-electron chi connectivity index (χ0n) is 41.6. The summed E-state index contributed by atoms with van der Waals surface area (Å²) in [7, 11) is -8.11. The molecule has 0 saturated carbocycles. The van der Waals surface area contributed by atoms with Gasteiger partial charge >= 0.3 is 17.6 Å². The SMILES string of the molecule is CO.CO.CO.CO[Si](O)(CCCN(CCCS(=O)(=O)O)CC(O)COc1ccc(C(C)(C)c2ccc(OCC(O)CN(CCC[Si](O[SiH3])(O[SiH3])O[SiH2]C)CCCS(=O)(=O)O)cc2)cc1)OC.[Zr]. The zero-order valence-corrected chi connectivity index (χ0v) is 53.1. The zero-order chi connectivity index (χ0) is 51.7. The van der Waals surface area contributed by atoms with Crippen LogP contribution in [0.5, 0.6) is 11.5 Å². The minimum Gasteiger partial charge on any atom is -0.491 e. The number of rotatable bonds is 34. The van der Waals surface area contributed by atoms with E-state index in [1.165, 1.54) is 14.2 Å². The first kappa shape index (κ1) is 71.6. The maximum atomic E-state index is 11.3. The molecule has 0 aliphatic carbocycles. The summed E-state index contributed by atoms with van der Waals surface area (Å²) in [6.07, 6.45) is -0.224. The summed E-state index contributed by atoms with van der Waals surface area (Å²) in [5.41, 5.74) is 1.64. The Morgan fingerprint density at radius 1 is 0.647 bits per heavy atom. The third-order valence-corrected chi connectivity index (χ3v) is 23.0. The van der Waals surface area contributed by atoms with Crippen LogP contribution in [0.4, 0.5) is 0 Å². The van der Waals surface area contributed by atoms with Gasteiger partial charge in [-0.05, 0) is 87.3 Å². The van der Waals surface area contributed by atoms with Gasteiger partial charge in [-0.25, -0.2) is 0 Å². The third kappa shape index (κ3) is 31.0. The Morgan fingerprint density at radius 2 is 0.985 bits per heavy atom. The second-order valence-electron chi connectivity index (χ2n) is 15.3. The molecular formula is C39H82N2O19S2Si5Zr. The van der Waals surface area contributed by atoms with Crippen LogP contribution in [-0.4, -0.2) is 226 Å². The molecule has 29 heteroatoms. The summed E-state index contributed by atoms with van der Waals surface area (Å²) in [5, 5.41) is 42.7. The monoisotopic (exact) mass is 1180 g/mol. The summed E-state index contributed by atoms with van der Waals surface area (Å²) in [4.78, 5) is 14.2. The predicted molar refractivity (Wildman–Crippen MR) is 272 cm³/mol. The molecule has 0 saturated heterocycles. The summed E-state index contributed by atoms with van der Waals surface area (Å²) in [6.45, 7) is 8.28. The van der Waals surface area contributed by atoms with E-state index in [4.69, 9.17) is 50.5 Å². The number of aliphatic hydroxyl groups is 5. The number of hydrogen-bond acceptors (Lipinski definition) is 19. The Bertz CT molecular complexity index is 1760. The number of ether oxygens (including phenoxy) is 2. The van der Waals surface area contributed by atoms with Crippen molar-refractivity contribution in [2.45, 2.75) is 75.8 Å². The van der Waals surface area contributed by atoms with Crippen LogP contribution in [0.15, 0.2) is 48.5 Å². The number of aliphatic hydroxyl groups excluding tert-OH is 5. The van der Waals surface area contributed by atoms with E-state index < -0.39 is 71.0 Å². The predicted octanol–water partition coefficient (Wildman–Crippen LogP) is -1.84. The van der Waals surface area contributed by atoms with E-state index in [0.717, 1.165) is 32.5 Å². The van der Waals surface area contributed by atoms with Crippen molar-refractivity contribution >= 4 is 68.6 Å². The van der Waals surface area contributed by atoms with Crippen LogP contribution in [0.1, 0.15) is 50.7 Å². The van der Waals surface area contributed by atoms with Crippen LogP contribution in [0, 0.1) is 0 Å². The molecule has 0 radical (unpaired) electrons. The van der Waals surface area contributed by atoms with Gasteiger partial charge in [0.05, 0.1) is 11.5 Å². The van der Waals surface area contributed by atoms with Gasteiger partial charge in [0.2, 0.25) is 0 Å². The van der Waals surface area contributed by atoms with E-state index in [9.17, 15) is 36.4 Å². The molecule has 2 aromatic carbocycles. The van der Waals surface area contributed by atoms with Crippen LogP contribution in [-0.2, 0) is 73.1 Å². The van der Waals surface area contributed by atoms with Crippen molar-refractivity contribution in [3.63, 3.8) is 0 Å². The Labute approximate surface area is 435 Å². The van der Waals surface area contributed by atoms with Crippen molar-refractivity contribution in [2.24, 2.45) is 0 Å². The van der Waals surface area contributed by atoms with Crippen molar-refractivity contribution < 1.29 is 113 Å². The van der Waals surface area contributed by atoms with Crippen molar-refractivity contribution in [1.82, 2.24) is 9.80 Å². The van der Waals surface area contributed by atoms with Crippen molar-refractivity contribution in [3.05, 3.63) is 59.7 Å². The minimum absolute atomic E-state index is 0. The minimum atomic E-state index is -4.13. The quantitative estimate of drug-likeness (QED) is 0.0282. The first-order valence-corrected chi connectivity index (χ1v) is 32.5. The average molecular weight is 1180 g/mol. The maximum Gasteiger partial charge on any atom is 0.497 e. The van der Waals surface area contributed by atoms with Gasteiger partial charge in [-0.1, -0.05) is 44.7 Å². The van der Waals surface area contributed by atoms with Crippen LogP contribution >= 0.6 is 0 Å². The van der Waals surface area contributed by atoms with Gasteiger partial charge in [0.15, 0.2) is 0 Å².